The largest absolute Gasteiger partial charge is 0.379 e. The smallest absolute Gasteiger partial charge is 0.243 e. The van der Waals surface area contributed by atoms with Gasteiger partial charge in [-0.05, 0) is 55.2 Å². The Kier molecular flexibility index (Phi) is 5.93. The summed E-state index contributed by atoms with van der Waals surface area (Å²) in [4.78, 5) is 2.49. The van der Waals surface area contributed by atoms with Crippen molar-refractivity contribution >= 4 is 33.0 Å². The quantitative estimate of drug-likeness (QED) is 0.807. The molecule has 2 saturated heterocycles. The van der Waals surface area contributed by atoms with Gasteiger partial charge in [0, 0.05) is 31.9 Å². The normalized spacial score (nSPS) is 22.6. The maximum absolute atomic E-state index is 12.6. The second-order valence-corrected chi connectivity index (χ2v) is 8.99. The number of morpholine rings is 1. The van der Waals surface area contributed by atoms with Gasteiger partial charge in [-0.2, -0.15) is 4.31 Å². The fraction of sp³-hybridized carbons (Fsp3) is 0.588. The summed E-state index contributed by atoms with van der Waals surface area (Å²) in [6.07, 6.45) is 2.40. The molecule has 0 spiro atoms. The minimum atomic E-state index is -3.45. The number of likely N-dealkylation sites (tertiary alicyclic amines) is 1. The highest BCUT2D eigenvalue weighted by Crippen LogP contribution is 2.21. The lowest BCUT2D eigenvalue weighted by Gasteiger charge is -2.33. The first-order chi connectivity index (χ1) is 12.0. The van der Waals surface area contributed by atoms with Crippen molar-refractivity contribution in [3.63, 3.8) is 0 Å². The summed E-state index contributed by atoms with van der Waals surface area (Å²) in [6.45, 7) is 5.87. The molecule has 6 nitrogen and oxygen atoms in total. The molecule has 0 aromatic heterocycles. The van der Waals surface area contributed by atoms with Crippen LogP contribution in [0.5, 0.6) is 0 Å². The van der Waals surface area contributed by atoms with E-state index in [1.807, 2.05) is 0 Å². The molecule has 0 saturated carbocycles. The minimum absolute atomic E-state index is 0.303. The van der Waals surface area contributed by atoms with Crippen LogP contribution in [0.15, 0.2) is 29.2 Å². The molecule has 1 aromatic rings. The van der Waals surface area contributed by atoms with E-state index < -0.39 is 10.0 Å². The Bertz CT molecular complexity index is 700. The van der Waals surface area contributed by atoms with E-state index in [1.54, 1.807) is 24.3 Å². The summed E-state index contributed by atoms with van der Waals surface area (Å²) in [7, 11) is -3.45. The number of benzene rings is 1. The van der Waals surface area contributed by atoms with Crippen LogP contribution in [0.3, 0.4) is 0 Å². The SMILES string of the molecule is C[C@H]1CCCN(C(=S)Nc2ccc(S(=O)(=O)N3CCOCC3)cc2)C1. The average Bonchev–Trinajstić information content (AvgIpc) is 2.63. The topological polar surface area (TPSA) is 61.9 Å². The molecule has 0 amide bonds. The molecule has 2 heterocycles. The predicted molar refractivity (Wildman–Crippen MR) is 102 cm³/mol. The van der Waals surface area contributed by atoms with Gasteiger partial charge in [0.1, 0.15) is 0 Å². The fourth-order valence-corrected chi connectivity index (χ4v) is 4.91. The first-order valence-corrected chi connectivity index (χ1v) is 10.6. The highest BCUT2D eigenvalue weighted by Gasteiger charge is 2.26. The number of thiocarbonyl (C=S) groups is 1. The van der Waals surface area contributed by atoms with Crippen LogP contribution in [-0.2, 0) is 14.8 Å². The molecule has 2 fully saturated rings. The Morgan fingerprint density at radius 1 is 1.20 bits per heavy atom. The highest BCUT2D eigenvalue weighted by atomic mass is 32.2. The highest BCUT2D eigenvalue weighted by molar-refractivity contribution is 7.89. The van der Waals surface area contributed by atoms with Gasteiger partial charge in [-0.25, -0.2) is 8.42 Å². The van der Waals surface area contributed by atoms with Crippen LogP contribution < -0.4 is 5.32 Å². The molecule has 25 heavy (non-hydrogen) atoms. The van der Waals surface area contributed by atoms with Crippen LogP contribution in [0.2, 0.25) is 0 Å². The number of nitrogens with one attached hydrogen (secondary N) is 1. The molecule has 1 aromatic carbocycles. The van der Waals surface area contributed by atoms with Crippen molar-refractivity contribution in [1.29, 1.82) is 0 Å². The summed E-state index contributed by atoms with van der Waals surface area (Å²) < 4.78 is 31.9. The number of rotatable bonds is 3. The van der Waals surface area contributed by atoms with Gasteiger partial charge in [-0.3, -0.25) is 0 Å². The maximum atomic E-state index is 12.6. The molecule has 0 unspecified atom stereocenters. The van der Waals surface area contributed by atoms with E-state index in [1.165, 1.54) is 10.7 Å². The van der Waals surface area contributed by atoms with Gasteiger partial charge in [0.15, 0.2) is 5.11 Å². The molecule has 0 radical (unpaired) electrons. The van der Waals surface area contributed by atoms with E-state index in [0.717, 1.165) is 25.2 Å². The van der Waals surface area contributed by atoms with Crippen molar-refractivity contribution < 1.29 is 13.2 Å². The van der Waals surface area contributed by atoms with E-state index in [-0.39, 0.29) is 0 Å². The third-order valence-electron chi connectivity index (χ3n) is 4.66. The van der Waals surface area contributed by atoms with Crippen LogP contribution in [0.1, 0.15) is 19.8 Å². The van der Waals surface area contributed by atoms with Crippen LogP contribution in [-0.4, -0.2) is 62.1 Å². The van der Waals surface area contributed by atoms with E-state index >= 15 is 0 Å². The predicted octanol–water partition coefficient (Wildman–Crippen LogP) is 2.14. The van der Waals surface area contributed by atoms with Gasteiger partial charge in [-0.1, -0.05) is 6.92 Å². The summed E-state index contributed by atoms with van der Waals surface area (Å²) >= 11 is 5.49. The van der Waals surface area contributed by atoms with Gasteiger partial charge >= 0.3 is 0 Å². The van der Waals surface area contributed by atoms with E-state index in [0.29, 0.717) is 42.2 Å². The van der Waals surface area contributed by atoms with Gasteiger partial charge < -0.3 is 15.0 Å². The average molecular weight is 384 g/mol. The Labute approximate surface area is 155 Å². The minimum Gasteiger partial charge on any atom is -0.379 e. The number of hydrogen-bond donors (Lipinski definition) is 1. The lowest BCUT2D eigenvalue weighted by molar-refractivity contribution is 0.0730. The number of piperidine rings is 1. The van der Waals surface area contributed by atoms with Crippen LogP contribution in [0, 0.1) is 5.92 Å². The zero-order valence-corrected chi connectivity index (χ0v) is 16.1. The fourth-order valence-electron chi connectivity index (χ4n) is 3.22. The van der Waals surface area contributed by atoms with Crippen LogP contribution >= 0.6 is 12.2 Å². The van der Waals surface area contributed by atoms with Crippen molar-refractivity contribution in [1.82, 2.24) is 9.21 Å². The van der Waals surface area contributed by atoms with E-state index in [4.69, 9.17) is 17.0 Å². The second kappa shape index (κ2) is 7.99. The molecule has 0 bridgehead atoms. The van der Waals surface area contributed by atoms with Gasteiger partial charge in [0.05, 0.1) is 18.1 Å². The lowest BCUT2D eigenvalue weighted by atomic mass is 10.0. The molecule has 0 aliphatic carbocycles. The van der Waals surface area contributed by atoms with Crippen LogP contribution in [0.25, 0.3) is 0 Å². The summed E-state index contributed by atoms with van der Waals surface area (Å²) in [5, 5.41) is 3.92. The van der Waals surface area contributed by atoms with Crippen molar-refractivity contribution in [2.24, 2.45) is 5.92 Å². The summed E-state index contributed by atoms with van der Waals surface area (Å²) in [6, 6.07) is 6.81. The molecular weight excluding hydrogens is 358 g/mol. The number of anilines is 1. The lowest BCUT2D eigenvalue weighted by Crippen LogP contribution is -2.41. The Morgan fingerprint density at radius 2 is 1.88 bits per heavy atom. The van der Waals surface area contributed by atoms with Crippen molar-refractivity contribution in [3.8, 4) is 0 Å². The molecule has 2 aliphatic rings. The van der Waals surface area contributed by atoms with E-state index in [9.17, 15) is 8.42 Å². The standard InChI is InChI=1S/C17H25N3O3S2/c1-14-3-2-8-19(13-14)17(24)18-15-4-6-16(7-5-15)25(21,22)20-9-11-23-12-10-20/h4-7,14H,2-3,8-13H2,1H3,(H,18,24)/t14-/m0/s1. The first kappa shape index (κ1) is 18.6. The third kappa shape index (κ3) is 4.49. The Morgan fingerprint density at radius 3 is 2.52 bits per heavy atom. The molecule has 138 valence electrons. The van der Waals surface area contributed by atoms with Gasteiger partial charge in [0.2, 0.25) is 10.0 Å². The van der Waals surface area contributed by atoms with Crippen LogP contribution in [0.4, 0.5) is 5.69 Å². The third-order valence-corrected chi connectivity index (χ3v) is 6.93. The first-order valence-electron chi connectivity index (χ1n) is 8.71. The van der Waals surface area contributed by atoms with Gasteiger partial charge in [-0.15, -0.1) is 0 Å². The monoisotopic (exact) mass is 383 g/mol. The Balaban J connectivity index is 1.64. The number of sulfonamides is 1. The zero-order chi connectivity index (χ0) is 17.9. The summed E-state index contributed by atoms with van der Waals surface area (Å²) in [5.74, 6) is 0.648. The zero-order valence-electron chi connectivity index (χ0n) is 14.5. The van der Waals surface area contributed by atoms with Gasteiger partial charge in [0.25, 0.3) is 0 Å². The molecule has 3 rings (SSSR count). The van der Waals surface area contributed by atoms with Crippen molar-refractivity contribution in [3.05, 3.63) is 24.3 Å². The molecule has 1 atom stereocenters. The van der Waals surface area contributed by atoms with Crippen molar-refractivity contribution in [2.45, 2.75) is 24.7 Å². The second-order valence-electron chi connectivity index (χ2n) is 6.66. The van der Waals surface area contributed by atoms with Crippen molar-refractivity contribution in [2.75, 3.05) is 44.7 Å². The molecule has 8 heteroatoms. The molecule has 2 aliphatic heterocycles. The van der Waals surface area contributed by atoms with E-state index in [2.05, 4.69) is 17.1 Å². The maximum Gasteiger partial charge on any atom is 0.243 e. The number of ether oxygens (including phenoxy) is 1. The number of hydrogen-bond acceptors (Lipinski definition) is 4. The Hall–Kier alpha value is -1.22. The molecular formula is C17H25N3O3S2. The summed E-state index contributed by atoms with van der Waals surface area (Å²) in [5.41, 5.74) is 0.809. The molecule has 1 N–H and O–H groups in total. The number of nitrogens with zero attached hydrogens (tertiary/aromatic N) is 2.